The van der Waals surface area contributed by atoms with E-state index in [2.05, 4.69) is 47.6 Å². The van der Waals surface area contributed by atoms with Crippen molar-refractivity contribution in [1.29, 1.82) is 0 Å². The number of fused-ring (bicyclic) bond motifs is 2. The van der Waals surface area contributed by atoms with Crippen LogP contribution in [-0.4, -0.2) is 36.0 Å². The van der Waals surface area contributed by atoms with Crippen molar-refractivity contribution in [1.82, 2.24) is 30.1 Å². The summed E-state index contributed by atoms with van der Waals surface area (Å²) < 4.78 is 0. The first-order valence-corrected chi connectivity index (χ1v) is 12.4. The first-order chi connectivity index (χ1) is 19.2. The van der Waals surface area contributed by atoms with E-state index in [0.29, 0.717) is 11.3 Å². The van der Waals surface area contributed by atoms with Crippen LogP contribution in [0.25, 0.3) is 55.6 Å². The number of nitrogens with one attached hydrogen (secondary N) is 3. The Morgan fingerprint density at radius 2 is 1.62 bits per heavy atom. The summed E-state index contributed by atoms with van der Waals surface area (Å²) in [5.41, 5.74) is 8.37. The Labute approximate surface area is 222 Å². The highest BCUT2D eigenvalue weighted by atomic mass is 16.1. The molecule has 0 unspecified atom stereocenters. The van der Waals surface area contributed by atoms with Crippen molar-refractivity contribution in [3.05, 3.63) is 115 Å². The van der Waals surface area contributed by atoms with Crippen LogP contribution >= 0.6 is 0 Å². The highest BCUT2D eigenvalue weighted by Crippen LogP contribution is 2.34. The van der Waals surface area contributed by atoms with E-state index >= 15 is 0 Å². The highest BCUT2D eigenvalue weighted by Gasteiger charge is 2.15. The molecular weight excluding hydrogens is 486 g/mol. The van der Waals surface area contributed by atoms with Crippen LogP contribution < -0.4 is 5.32 Å². The Morgan fingerprint density at radius 3 is 2.49 bits per heavy atom. The van der Waals surface area contributed by atoms with E-state index < -0.39 is 0 Å². The van der Waals surface area contributed by atoms with Crippen LogP contribution in [0.5, 0.6) is 0 Å². The van der Waals surface area contributed by atoms with Crippen molar-refractivity contribution >= 4 is 33.4 Å². The maximum Gasteiger partial charge on any atom is 0.255 e. The molecule has 0 radical (unpaired) electrons. The molecule has 39 heavy (non-hydrogen) atoms. The van der Waals surface area contributed by atoms with Gasteiger partial charge in [-0.05, 0) is 54.1 Å². The summed E-state index contributed by atoms with van der Waals surface area (Å²) >= 11 is 0. The summed E-state index contributed by atoms with van der Waals surface area (Å²) in [5, 5.41) is 12.7. The molecule has 3 N–H and O–H groups in total. The fourth-order valence-corrected chi connectivity index (χ4v) is 4.76. The van der Waals surface area contributed by atoms with E-state index in [1.165, 1.54) is 0 Å². The molecule has 8 nitrogen and oxygen atoms in total. The molecule has 0 bridgehead atoms. The van der Waals surface area contributed by atoms with E-state index in [0.717, 1.165) is 55.6 Å². The molecule has 2 aromatic carbocycles. The van der Waals surface area contributed by atoms with Gasteiger partial charge in [-0.2, -0.15) is 5.10 Å². The topological polar surface area (TPSA) is 112 Å². The number of hydrogen-bond acceptors (Lipinski definition) is 5. The van der Waals surface area contributed by atoms with Gasteiger partial charge in [-0.3, -0.25) is 24.8 Å². The first kappa shape index (κ1) is 22.6. The second-order valence-electron chi connectivity index (χ2n) is 9.16. The average Bonchev–Trinajstić information content (AvgIpc) is 3.62. The SMILES string of the molecule is O=C(Nc1cncc(-c2ccc3[nH]nc(-c4cc5c(-c6ccccn6)cncc5[nH]4)c3c2)c1)c1ccccc1. The second kappa shape index (κ2) is 9.35. The van der Waals surface area contributed by atoms with Crippen LogP contribution in [0.3, 0.4) is 0 Å². The molecule has 0 spiro atoms. The Kier molecular flexibility index (Phi) is 5.41. The quantitative estimate of drug-likeness (QED) is 0.247. The molecule has 186 valence electrons. The minimum Gasteiger partial charge on any atom is -0.352 e. The third-order valence-corrected chi connectivity index (χ3v) is 6.67. The average molecular weight is 508 g/mol. The number of carbonyl (C=O) groups is 1. The number of nitrogens with zero attached hydrogens (tertiary/aromatic N) is 4. The van der Waals surface area contributed by atoms with Gasteiger partial charge in [-0.1, -0.05) is 30.3 Å². The summed E-state index contributed by atoms with van der Waals surface area (Å²) in [4.78, 5) is 29.4. The predicted molar refractivity (Wildman–Crippen MR) is 152 cm³/mol. The summed E-state index contributed by atoms with van der Waals surface area (Å²) in [7, 11) is 0. The van der Waals surface area contributed by atoms with Gasteiger partial charge in [0.15, 0.2) is 0 Å². The van der Waals surface area contributed by atoms with Gasteiger partial charge in [-0.15, -0.1) is 0 Å². The summed E-state index contributed by atoms with van der Waals surface area (Å²) in [5.74, 6) is -0.180. The number of pyridine rings is 3. The number of aromatic nitrogens is 6. The van der Waals surface area contributed by atoms with Gasteiger partial charge in [0.25, 0.3) is 5.91 Å². The molecule has 0 saturated carbocycles. The zero-order valence-electron chi connectivity index (χ0n) is 20.6. The molecule has 7 aromatic rings. The summed E-state index contributed by atoms with van der Waals surface area (Å²) in [6.45, 7) is 0. The van der Waals surface area contributed by atoms with Gasteiger partial charge in [0.05, 0.1) is 40.5 Å². The van der Waals surface area contributed by atoms with Gasteiger partial charge in [0.1, 0.15) is 5.69 Å². The molecule has 5 heterocycles. The number of H-pyrrole nitrogens is 2. The summed E-state index contributed by atoms with van der Waals surface area (Å²) in [6, 6.07) is 25.1. The van der Waals surface area contributed by atoms with Gasteiger partial charge >= 0.3 is 0 Å². The van der Waals surface area contributed by atoms with Crippen molar-refractivity contribution in [3.8, 4) is 33.8 Å². The Balaban J connectivity index is 1.25. The fraction of sp³-hybridized carbons (Fsp3) is 0. The lowest BCUT2D eigenvalue weighted by molar-refractivity contribution is 0.102. The van der Waals surface area contributed by atoms with Gasteiger partial charge in [-0.25, -0.2) is 0 Å². The van der Waals surface area contributed by atoms with Gasteiger partial charge in [0.2, 0.25) is 0 Å². The van der Waals surface area contributed by atoms with E-state index in [1.807, 2.05) is 67.0 Å². The number of amides is 1. The Bertz CT molecular complexity index is 1960. The maximum atomic E-state index is 12.6. The van der Waals surface area contributed by atoms with Crippen molar-refractivity contribution in [2.75, 3.05) is 5.32 Å². The normalized spacial score (nSPS) is 11.2. The predicted octanol–water partition coefficient (Wildman–Crippen LogP) is 6.48. The number of aromatic amines is 2. The Morgan fingerprint density at radius 1 is 0.744 bits per heavy atom. The van der Waals surface area contributed by atoms with Crippen LogP contribution in [0, 0.1) is 0 Å². The molecule has 0 fully saturated rings. The molecular formula is C31H21N7O. The van der Waals surface area contributed by atoms with Crippen LogP contribution in [0.2, 0.25) is 0 Å². The fourth-order valence-electron chi connectivity index (χ4n) is 4.76. The summed E-state index contributed by atoms with van der Waals surface area (Å²) in [6.07, 6.45) is 8.85. The number of anilines is 1. The van der Waals surface area contributed by atoms with Gasteiger partial charge in [0, 0.05) is 46.1 Å². The van der Waals surface area contributed by atoms with E-state index in [4.69, 9.17) is 0 Å². The highest BCUT2D eigenvalue weighted by molar-refractivity contribution is 6.04. The lowest BCUT2D eigenvalue weighted by atomic mass is 10.0. The zero-order valence-corrected chi connectivity index (χ0v) is 20.6. The minimum atomic E-state index is -0.180. The molecule has 1 amide bonds. The molecule has 0 aliphatic rings. The second-order valence-corrected chi connectivity index (χ2v) is 9.16. The van der Waals surface area contributed by atoms with Crippen LogP contribution in [0.4, 0.5) is 5.69 Å². The Hall–Kier alpha value is -5.63. The largest absolute Gasteiger partial charge is 0.352 e. The number of benzene rings is 2. The van der Waals surface area contributed by atoms with Crippen LogP contribution in [0.15, 0.2) is 110 Å². The minimum absolute atomic E-state index is 0.180. The third-order valence-electron chi connectivity index (χ3n) is 6.67. The zero-order chi connectivity index (χ0) is 26.2. The molecule has 7 rings (SSSR count). The number of carbonyl (C=O) groups excluding carboxylic acids is 1. The molecule has 0 atom stereocenters. The van der Waals surface area contributed by atoms with E-state index in [9.17, 15) is 4.79 Å². The molecule has 5 aromatic heterocycles. The molecule has 0 aliphatic carbocycles. The number of rotatable bonds is 5. The number of hydrogen-bond donors (Lipinski definition) is 3. The van der Waals surface area contributed by atoms with E-state index in [-0.39, 0.29) is 5.91 Å². The van der Waals surface area contributed by atoms with Gasteiger partial charge < -0.3 is 10.3 Å². The smallest absolute Gasteiger partial charge is 0.255 e. The van der Waals surface area contributed by atoms with Crippen LogP contribution in [0.1, 0.15) is 10.4 Å². The monoisotopic (exact) mass is 507 g/mol. The lowest BCUT2D eigenvalue weighted by Crippen LogP contribution is -2.11. The molecule has 8 heteroatoms. The first-order valence-electron chi connectivity index (χ1n) is 12.4. The van der Waals surface area contributed by atoms with Crippen molar-refractivity contribution < 1.29 is 4.79 Å². The van der Waals surface area contributed by atoms with Crippen molar-refractivity contribution in [2.24, 2.45) is 0 Å². The van der Waals surface area contributed by atoms with Crippen LogP contribution in [-0.2, 0) is 0 Å². The molecule has 0 saturated heterocycles. The molecule has 0 aliphatic heterocycles. The van der Waals surface area contributed by atoms with Crippen molar-refractivity contribution in [3.63, 3.8) is 0 Å². The van der Waals surface area contributed by atoms with Crippen molar-refractivity contribution in [2.45, 2.75) is 0 Å². The third kappa shape index (κ3) is 4.19. The maximum absolute atomic E-state index is 12.6. The lowest BCUT2D eigenvalue weighted by Gasteiger charge is -2.08. The standard InChI is InChI=1S/C31H21N7O/c39-31(19-6-2-1-3-7-19)35-22-12-21(15-32-16-22)20-9-10-27-24(13-20)30(38-37-27)28-14-23-25(17-33-18-29(23)36-28)26-8-4-5-11-34-26/h1-18,36H,(H,35,39)(H,37,38). The van der Waals surface area contributed by atoms with E-state index in [1.54, 1.807) is 30.7 Å².